The van der Waals surface area contributed by atoms with Crippen LogP contribution in [0.4, 0.5) is 0 Å². The second kappa shape index (κ2) is 47.1. The standard InChI is InChI=1S/C58H101NO8/c1-3-5-7-9-11-13-15-17-19-21-23-25-26-28-30-32-34-36-38-40-42-44-46-48-54(62)59-51(50-66-58-57(65)56(64)55(63)53(49-60)67-58)52(61)47-45-43-41-39-37-35-33-31-29-27-24-22-20-18-16-14-12-10-8-6-4-2/h5,7,11,13,17,19,23,25,28,30,34,36,45,47,51-53,55-58,60-61,63-65H,3-4,6,8-10,12,14-16,18,20-22,24,26-27,29,31-33,35,37-44,46,48-50H2,1-2H3,(H,59,62)/b7-5-,13-11-,19-17-,25-23-,30-28-,36-34-,47-45+. The minimum Gasteiger partial charge on any atom is -0.394 e. The van der Waals surface area contributed by atoms with Crippen LogP contribution in [-0.2, 0) is 14.3 Å². The van der Waals surface area contributed by atoms with Gasteiger partial charge in [0.1, 0.15) is 24.4 Å². The lowest BCUT2D eigenvalue weighted by molar-refractivity contribution is -0.302. The molecule has 7 atom stereocenters. The van der Waals surface area contributed by atoms with Crippen molar-refractivity contribution in [3.63, 3.8) is 0 Å². The van der Waals surface area contributed by atoms with Crippen molar-refractivity contribution < 1.29 is 39.8 Å². The number of rotatable bonds is 45. The average molecular weight is 940 g/mol. The van der Waals surface area contributed by atoms with Crippen LogP contribution in [-0.4, -0.2) is 87.5 Å². The number of aliphatic hydroxyl groups is 5. The van der Waals surface area contributed by atoms with Crippen LogP contribution in [0.5, 0.6) is 0 Å². The molecule has 0 aromatic heterocycles. The van der Waals surface area contributed by atoms with E-state index < -0.39 is 49.5 Å². The number of allylic oxidation sites excluding steroid dienone is 13. The fourth-order valence-electron chi connectivity index (χ4n) is 8.16. The fraction of sp³-hybridized carbons (Fsp3) is 0.741. The van der Waals surface area contributed by atoms with Crippen molar-refractivity contribution in [1.82, 2.24) is 5.32 Å². The van der Waals surface area contributed by atoms with Gasteiger partial charge in [-0.2, -0.15) is 0 Å². The van der Waals surface area contributed by atoms with Crippen molar-refractivity contribution in [3.8, 4) is 0 Å². The molecular formula is C58H101NO8. The van der Waals surface area contributed by atoms with E-state index in [9.17, 15) is 30.3 Å². The molecule has 1 aliphatic heterocycles. The summed E-state index contributed by atoms with van der Waals surface area (Å²) in [6, 6.07) is -0.825. The molecule has 1 fully saturated rings. The summed E-state index contributed by atoms with van der Waals surface area (Å²) in [6.07, 6.45) is 59.1. The molecule has 1 heterocycles. The Morgan fingerprint density at radius 1 is 0.522 bits per heavy atom. The number of nitrogens with one attached hydrogen (secondary N) is 1. The third kappa shape index (κ3) is 36.9. The van der Waals surface area contributed by atoms with Crippen LogP contribution in [0.3, 0.4) is 0 Å². The molecule has 6 N–H and O–H groups in total. The molecule has 9 heteroatoms. The number of aliphatic hydroxyl groups excluding tert-OH is 5. The van der Waals surface area contributed by atoms with E-state index in [0.29, 0.717) is 6.42 Å². The van der Waals surface area contributed by atoms with Crippen LogP contribution >= 0.6 is 0 Å². The summed E-state index contributed by atoms with van der Waals surface area (Å²) in [6.45, 7) is 3.65. The van der Waals surface area contributed by atoms with Crippen molar-refractivity contribution in [2.24, 2.45) is 0 Å². The molecule has 0 aliphatic carbocycles. The first-order valence-electron chi connectivity index (χ1n) is 27.3. The van der Waals surface area contributed by atoms with Gasteiger partial charge in [0.2, 0.25) is 5.91 Å². The highest BCUT2D eigenvalue weighted by molar-refractivity contribution is 5.76. The minimum absolute atomic E-state index is 0.203. The molecule has 0 saturated carbocycles. The topological polar surface area (TPSA) is 149 Å². The number of unbranched alkanes of at least 4 members (excludes halogenated alkanes) is 23. The summed E-state index contributed by atoms with van der Waals surface area (Å²) >= 11 is 0. The molecule has 1 aliphatic rings. The Bertz CT molecular complexity index is 1320. The van der Waals surface area contributed by atoms with Crippen molar-refractivity contribution >= 4 is 5.91 Å². The van der Waals surface area contributed by atoms with E-state index in [2.05, 4.69) is 92.1 Å². The number of carbonyl (C=O) groups is 1. The SMILES string of the molecule is CC/C=C\C/C=C\C/C=C\C/C=C\C/C=C\C/C=C\CCCCCCC(=O)NC(COC1OC(CO)C(O)C(O)C1O)C(O)/C=C/CCCCCCCCCCCCCCCCCCCCC. The van der Waals surface area contributed by atoms with Crippen molar-refractivity contribution in [2.75, 3.05) is 13.2 Å². The molecule has 1 saturated heterocycles. The van der Waals surface area contributed by atoms with Gasteiger partial charge < -0.3 is 40.3 Å². The molecule has 9 nitrogen and oxygen atoms in total. The zero-order valence-corrected chi connectivity index (χ0v) is 42.6. The summed E-state index contributed by atoms with van der Waals surface area (Å²) in [5.74, 6) is -0.203. The highest BCUT2D eigenvalue weighted by atomic mass is 16.7. The van der Waals surface area contributed by atoms with E-state index in [1.54, 1.807) is 6.08 Å². The number of amides is 1. The first kappa shape index (κ1) is 62.4. The molecule has 0 spiro atoms. The Kier molecular flexibility index (Phi) is 43.8. The van der Waals surface area contributed by atoms with Crippen LogP contribution in [0.15, 0.2) is 85.1 Å². The maximum absolute atomic E-state index is 13.0. The van der Waals surface area contributed by atoms with E-state index in [0.717, 1.165) is 89.9 Å². The molecule has 7 unspecified atom stereocenters. The van der Waals surface area contributed by atoms with Gasteiger partial charge in [-0.3, -0.25) is 4.79 Å². The molecule has 0 aromatic carbocycles. The van der Waals surface area contributed by atoms with E-state index in [1.807, 2.05) is 6.08 Å². The first-order chi connectivity index (χ1) is 32.8. The van der Waals surface area contributed by atoms with E-state index in [1.165, 1.54) is 109 Å². The van der Waals surface area contributed by atoms with Gasteiger partial charge in [0.15, 0.2) is 6.29 Å². The lowest BCUT2D eigenvalue weighted by Gasteiger charge is -2.40. The number of carbonyl (C=O) groups excluding carboxylic acids is 1. The van der Waals surface area contributed by atoms with Gasteiger partial charge in [0.05, 0.1) is 25.4 Å². The normalized spacial score (nSPS) is 20.4. The minimum atomic E-state index is -1.58. The second-order valence-electron chi connectivity index (χ2n) is 18.6. The van der Waals surface area contributed by atoms with Gasteiger partial charge in [-0.05, 0) is 70.6 Å². The van der Waals surface area contributed by atoms with Crippen LogP contribution in [0.2, 0.25) is 0 Å². The van der Waals surface area contributed by atoms with E-state index >= 15 is 0 Å². The Morgan fingerprint density at radius 3 is 1.37 bits per heavy atom. The monoisotopic (exact) mass is 940 g/mol. The number of hydrogen-bond donors (Lipinski definition) is 6. The Balaban J connectivity index is 2.31. The molecule has 386 valence electrons. The van der Waals surface area contributed by atoms with E-state index in [-0.39, 0.29) is 12.5 Å². The van der Waals surface area contributed by atoms with Gasteiger partial charge in [0.25, 0.3) is 0 Å². The summed E-state index contributed by atoms with van der Waals surface area (Å²) < 4.78 is 11.2. The fourth-order valence-corrected chi connectivity index (χ4v) is 8.16. The van der Waals surface area contributed by atoms with Crippen molar-refractivity contribution in [2.45, 2.75) is 262 Å². The van der Waals surface area contributed by atoms with Crippen molar-refractivity contribution in [1.29, 1.82) is 0 Å². The Hall–Kier alpha value is -2.63. The third-order valence-electron chi connectivity index (χ3n) is 12.5. The van der Waals surface area contributed by atoms with Gasteiger partial charge in [-0.15, -0.1) is 0 Å². The number of hydrogen-bond acceptors (Lipinski definition) is 8. The quantitative estimate of drug-likeness (QED) is 0.0261. The molecule has 0 aromatic rings. The van der Waals surface area contributed by atoms with Crippen LogP contribution in [0, 0.1) is 0 Å². The zero-order valence-electron chi connectivity index (χ0n) is 42.6. The molecule has 0 radical (unpaired) electrons. The maximum Gasteiger partial charge on any atom is 0.220 e. The van der Waals surface area contributed by atoms with Crippen molar-refractivity contribution in [3.05, 3.63) is 85.1 Å². The predicted octanol–water partition coefficient (Wildman–Crippen LogP) is 13.1. The maximum atomic E-state index is 13.0. The predicted molar refractivity (Wildman–Crippen MR) is 281 cm³/mol. The largest absolute Gasteiger partial charge is 0.394 e. The molecule has 0 bridgehead atoms. The second-order valence-corrected chi connectivity index (χ2v) is 18.6. The van der Waals surface area contributed by atoms with Crippen LogP contribution in [0.1, 0.15) is 219 Å². The highest BCUT2D eigenvalue weighted by Gasteiger charge is 2.44. The molecular weight excluding hydrogens is 839 g/mol. The lowest BCUT2D eigenvalue weighted by atomic mass is 9.99. The summed E-state index contributed by atoms with van der Waals surface area (Å²) in [5.41, 5.74) is 0. The molecule has 67 heavy (non-hydrogen) atoms. The smallest absolute Gasteiger partial charge is 0.220 e. The molecule has 1 amide bonds. The van der Waals surface area contributed by atoms with Gasteiger partial charge in [-0.25, -0.2) is 0 Å². The van der Waals surface area contributed by atoms with Gasteiger partial charge in [0, 0.05) is 6.42 Å². The first-order valence-corrected chi connectivity index (χ1v) is 27.3. The zero-order chi connectivity index (χ0) is 48.7. The summed E-state index contributed by atoms with van der Waals surface area (Å²) in [4.78, 5) is 13.0. The molecule has 1 rings (SSSR count). The Morgan fingerprint density at radius 2 is 0.925 bits per heavy atom. The van der Waals surface area contributed by atoms with Gasteiger partial charge >= 0.3 is 0 Å². The van der Waals surface area contributed by atoms with Crippen LogP contribution < -0.4 is 5.32 Å². The number of ether oxygens (including phenoxy) is 2. The van der Waals surface area contributed by atoms with Crippen LogP contribution in [0.25, 0.3) is 0 Å². The highest BCUT2D eigenvalue weighted by Crippen LogP contribution is 2.23. The average Bonchev–Trinajstić information content (AvgIpc) is 3.33. The van der Waals surface area contributed by atoms with E-state index in [4.69, 9.17) is 9.47 Å². The summed E-state index contributed by atoms with van der Waals surface area (Å²) in [7, 11) is 0. The van der Waals surface area contributed by atoms with Gasteiger partial charge in [-0.1, -0.05) is 227 Å². The third-order valence-corrected chi connectivity index (χ3v) is 12.5. The summed E-state index contributed by atoms with van der Waals surface area (Å²) in [5, 5.41) is 54.4. The lowest BCUT2D eigenvalue weighted by Crippen LogP contribution is -2.60. The Labute approximate surface area is 410 Å².